The molecule has 0 atom stereocenters. The van der Waals surface area contributed by atoms with Crippen molar-refractivity contribution < 1.29 is 9.47 Å². The lowest BCUT2D eigenvalue weighted by Crippen LogP contribution is -2.23. The summed E-state index contributed by atoms with van der Waals surface area (Å²) in [4.78, 5) is 4.22. The maximum absolute atomic E-state index is 5.84. The number of nitrogens with two attached hydrogens (primary N) is 1. The Labute approximate surface area is 138 Å². The van der Waals surface area contributed by atoms with Gasteiger partial charge in [0, 0.05) is 16.2 Å². The number of benzene rings is 2. The Kier molecular flexibility index (Phi) is 6.09. The fourth-order valence-corrected chi connectivity index (χ4v) is 2.15. The van der Waals surface area contributed by atoms with E-state index < -0.39 is 0 Å². The number of aliphatic imine (C=N–C) groups is 1. The molecule has 0 spiro atoms. The molecule has 5 nitrogen and oxygen atoms in total. The first-order valence-electron chi connectivity index (χ1n) is 6.77. The number of nitrogens with zero attached hydrogens (tertiary/aromatic N) is 1. The zero-order chi connectivity index (χ0) is 15.8. The van der Waals surface area contributed by atoms with Gasteiger partial charge in [-0.05, 0) is 30.3 Å². The van der Waals surface area contributed by atoms with Gasteiger partial charge in [-0.3, -0.25) is 0 Å². The molecule has 0 saturated heterocycles. The molecule has 2 aromatic rings. The molecule has 2 aromatic carbocycles. The number of nitrogens with one attached hydrogen (secondary N) is 1. The van der Waals surface area contributed by atoms with E-state index in [9.17, 15) is 0 Å². The van der Waals surface area contributed by atoms with Crippen molar-refractivity contribution in [3.63, 3.8) is 0 Å². The maximum Gasteiger partial charge on any atom is 0.193 e. The standard InChI is InChI=1S/C16H18BrN3O2/c1-21-14-6-3-5-13(11-14)20-16(18)19-8-9-22-15-7-2-4-12(17)10-15/h2-7,10-11H,8-9H2,1H3,(H3,18,19,20). The third kappa shape index (κ3) is 5.29. The quantitative estimate of drug-likeness (QED) is 0.469. The molecule has 0 unspecified atom stereocenters. The molecule has 0 amide bonds. The predicted molar refractivity (Wildman–Crippen MR) is 92.7 cm³/mol. The largest absolute Gasteiger partial charge is 0.497 e. The number of hydrogen-bond donors (Lipinski definition) is 2. The Morgan fingerprint density at radius 2 is 1.95 bits per heavy atom. The summed E-state index contributed by atoms with van der Waals surface area (Å²) in [7, 11) is 1.62. The second-order valence-electron chi connectivity index (χ2n) is 4.43. The van der Waals surface area contributed by atoms with Crippen LogP contribution in [0.2, 0.25) is 0 Å². The van der Waals surface area contributed by atoms with E-state index in [2.05, 4.69) is 26.2 Å². The van der Waals surface area contributed by atoms with E-state index in [1.165, 1.54) is 0 Å². The topological polar surface area (TPSA) is 68.9 Å². The zero-order valence-electron chi connectivity index (χ0n) is 12.3. The Morgan fingerprint density at radius 1 is 1.18 bits per heavy atom. The first-order chi connectivity index (χ1) is 10.7. The van der Waals surface area contributed by atoms with Crippen molar-refractivity contribution in [3.8, 4) is 11.5 Å². The molecular formula is C16H18BrN3O2. The highest BCUT2D eigenvalue weighted by molar-refractivity contribution is 9.10. The molecule has 0 fully saturated rings. The molecule has 0 aliphatic rings. The lowest BCUT2D eigenvalue weighted by molar-refractivity contribution is 0.328. The Morgan fingerprint density at radius 3 is 2.73 bits per heavy atom. The molecule has 116 valence electrons. The molecule has 3 N–H and O–H groups in total. The van der Waals surface area contributed by atoms with Crippen LogP contribution in [-0.2, 0) is 0 Å². The van der Waals surface area contributed by atoms with Gasteiger partial charge in [0.1, 0.15) is 18.1 Å². The van der Waals surface area contributed by atoms with E-state index in [0.717, 1.165) is 21.7 Å². The van der Waals surface area contributed by atoms with Gasteiger partial charge in [0.05, 0.1) is 13.7 Å². The van der Waals surface area contributed by atoms with Crippen LogP contribution in [0.4, 0.5) is 5.69 Å². The molecule has 0 radical (unpaired) electrons. The van der Waals surface area contributed by atoms with Crippen LogP contribution >= 0.6 is 15.9 Å². The smallest absolute Gasteiger partial charge is 0.193 e. The Bertz CT molecular complexity index is 647. The van der Waals surface area contributed by atoms with Gasteiger partial charge in [0.15, 0.2) is 5.96 Å². The summed E-state index contributed by atoms with van der Waals surface area (Å²) >= 11 is 3.40. The summed E-state index contributed by atoms with van der Waals surface area (Å²) in [5.74, 6) is 1.89. The summed E-state index contributed by atoms with van der Waals surface area (Å²) in [5, 5.41) is 3.01. The number of methoxy groups -OCH3 is 1. The summed E-state index contributed by atoms with van der Waals surface area (Å²) in [6, 6.07) is 15.1. The SMILES string of the molecule is COc1cccc(NC(N)=NCCOc2cccc(Br)c2)c1. The number of halogens is 1. The third-order valence-electron chi connectivity index (χ3n) is 2.78. The molecule has 2 rings (SSSR count). The molecule has 0 aromatic heterocycles. The van der Waals surface area contributed by atoms with E-state index in [1.54, 1.807) is 7.11 Å². The summed E-state index contributed by atoms with van der Waals surface area (Å²) < 4.78 is 11.7. The highest BCUT2D eigenvalue weighted by Crippen LogP contribution is 2.18. The number of anilines is 1. The van der Waals surface area contributed by atoms with Gasteiger partial charge >= 0.3 is 0 Å². The Hall–Kier alpha value is -2.21. The minimum Gasteiger partial charge on any atom is -0.497 e. The van der Waals surface area contributed by atoms with Crippen molar-refractivity contribution in [2.75, 3.05) is 25.6 Å². The van der Waals surface area contributed by atoms with Crippen LogP contribution < -0.4 is 20.5 Å². The van der Waals surface area contributed by atoms with Crippen LogP contribution in [0.3, 0.4) is 0 Å². The lowest BCUT2D eigenvalue weighted by Gasteiger charge is -2.08. The fraction of sp³-hybridized carbons (Fsp3) is 0.188. The predicted octanol–water partition coefficient (Wildman–Crippen LogP) is 3.26. The second-order valence-corrected chi connectivity index (χ2v) is 5.35. The first-order valence-corrected chi connectivity index (χ1v) is 7.56. The normalized spacial score (nSPS) is 11.1. The van der Waals surface area contributed by atoms with E-state index >= 15 is 0 Å². The van der Waals surface area contributed by atoms with Crippen LogP contribution in [0.1, 0.15) is 0 Å². The second kappa shape index (κ2) is 8.29. The van der Waals surface area contributed by atoms with E-state index in [-0.39, 0.29) is 0 Å². The number of hydrogen-bond acceptors (Lipinski definition) is 3. The van der Waals surface area contributed by atoms with Crippen molar-refractivity contribution in [1.29, 1.82) is 0 Å². The van der Waals surface area contributed by atoms with Gasteiger partial charge in [-0.15, -0.1) is 0 Å². The minimum atomic E-state index is 0.339. The first kappa shape index (κ1) is 16.2. The molecule has 0 aliphatic carbocycles. The van der Waals surface area contributed by atoms with Crippen molar-refractivity contribution in [3.05, 3.63) is 53.0 Å². The van der Waals surface area contributed by atoms with Crippen LogP contribution in [0.15, 0.2) is 58.0 Å². The van der Waals surface area contributed by atoms with Gasteiger partial charge in [-0.25, -0.2) is 4.99 Å². The monoisotopic (exact) mass is 363 g/mol. The summed E-state index contributed by atoms with van der Waals surface area (Å²) in [6.07, 6.45) is 0. The van der Waals surface area contributed by atoms with Gasteiger partial charge in [0.2, 0.25) is 0 Å². The van der Waals surface area contributed by atoms with Crippen LogP contribution in [0.5, 0.6) is 11.5 Å². The van der Waals surface area contributed by atoms with Crippen molar-refractivity contribution in [2.45, 2.75) is 0 Å². The Balaban J connectivity index is 1.80. The highest BCUT2D eigenvalue weighted by Gasteiger charge is 1.98. The molecule has 0 heterocycles. The molecule has 0 bridgehead atoms. The van der Waals surface area contributed by atoms with Gasteiger partial charge in [0.25, 0.3) is 0 Å². The van der Waals surface area contributed by atoms with Crippen molar-refractivity contribution >= 4 is 27.6 Å². The fourth-order valence-electron chi connectivity index (χ4n) is 1.77. The lowest BCUT2D eigenvalue weighted by atomic mass is 10.3. The molecule has 6 heteroatoms. The van der Waals surface area contributed by atoms with Gasteiger partial charge in [-0.1, -0.05) is 28.1 Å². The molecule has 22 heavy (non-hydrogen) atoms. The van der Waals surface area contributed by atoms with Crippen LogP contribution in [0.25, 0.3) is 0 Å². The van der Waals surface area contributed by atoms with E-state index in [4.69, 9.17) is 15.2 Å². The van der Waals surface area contributed by atoms with Gasteiger partial charge < -0.3 is 20.5 Å². The minimum absolute atomic E-state index is 0.339. The molecular weight excluding hydrogens is 346 g/mol. The molecule has 0 saturated carbocycles. The summed E-state index contributed by atoms with van der Waals surface area (Å²) in [6.45, 7) is 0.923. The number of ether oxygens (including phenoxy) is 2. The van der Waals surface area contributed by atoms with E-state index in [1.807, 2.05) is 48.5 Å². The summed E-state index contributed by atoms with van der Waals surface area (Å²) in [5.41, 5.74) is 6.66. The van der Waals surface area contributed by atoms with Crippen LogP contribution in [0, 0.1) is 0 Å². The third-order valence-corrected chi connectivity index (χ3v) is 3.27. The molecule has 0 aliphatic heterocycles. The van der Waals surface area contributed by atoms with Crippen molar-refractivity contribution in [1.82, 2.24) is 0 Å². The average molecular weight is 364 g/mol. The van der Waals surface area contributed by atoms with Crippen molar-refractivity contribution in [2.24, 2.45) is 10.7 Å². The zero-order valence-corrected chi connectivity index (χ0v) is 13.8. The van der Waals surface area contributed by atoms with Gasteiger partial charge in [-0.2, -0.15) is 0 Å². The van der Waals surface area contributed by atoms with E-state index in [0.29, 0.717) is 19.1 Å². The number of guanidine groups is 1. The van der Waals surface area contributed by atoms with Crippen LogP contribution in [-0.4, -0.2) is 26.2 Å². The highest BCUT2D eigenvalue weighted by atomic mass is 79.9. The number of rotatable bonds is 6. The maximum atomic E-state index is 5.84. The average Bonchev–Trinajstić information content (AvgIpc) is 2.52.